The van der Waals surface area contributed by atoms with Crippen LogP contribution in [-0.2, 0) is 19.1 Å². The van der Waals surface area contributed by atoms with Gasteiger partial charge in [-0.1, -0.05) is 23.7 Å². The number of methoxy groups -OCH3 is 1. The number of carbonyl (C=O) groups excluding carboxylic acids is 4. The molecule has 0 saturated carbocycles. The van der Waals surface area contributed by atoms with Crippen LogP contribution in [0.15, 0.2) is 41.3 Å². The van der Waals surface area contributed by atoms with Gasteiger partial charge in [0.1, 0.15) is 6.54 Å². The Morgan fingerprint density at radius 1 is 1.20 bits per heavy atom. The third-order valence-corrected chi connectivity index (χ3v) is 5.85. The minimum atomic E-state index is -0.600. The molecule has 1 N–H and O–H groups in total. The number of carbonyl (C=O) groups is 4. The molecular weight excluding hydrogens is 496 g/mol. The molecular formula is C24H23ClN2O7S. The van der Waals surface area contributed by atoms with E-state index in [2.05, 4.69) is 5.32 Å². The van der Waals surface area contributed by atoms with E-state index < -0.39 is 29.6 Å². The zero-order valence-corrected chi connectivity index (χ0v) is 20.8. The van der Waals surface area contributed by atoms with Crippen molar-refractivity contribution in [1.29, 1.82) is 0 Å². The number of esters is 1. The molecule has 0 atom stereocenters. The summed E-state index contributed by atoms with van der Waals surface area (Å²) in [5, 5.41) is 2.25. The monoisotopic (exact) mass is 518 g/mol. The molecule has 0 aliphatic carbocycles. The number of ether oxygens (including phenoxy) is 3. The van der Waals surface area contributed by atoms with E-state index in [9.17, 15) is 19.2 Å². The molecule has 3 rings (SSSR count). The topological polar surface area (TPSA) is 111 Å². The zero-order valence-electron chi connectivity index (χ0n) is 19.3. The van der Waals surface area contributed by atoms with Crippen LogP contribution in [0.1, 0.15) is 18.1 Å². The summed E-state index contributed by atoms with van der Waals surface area (Å²) in [6.45, 7) is 3.01. The van der Waals surface area contributed by atoms with Crippen LogP contribution in [0.5, 0.6) is 11.5 Å². The second-order valence-corrected chi connectivity index (χ2v) is 8.71. The lowest BCUT2D eigenvalue weighted by Crippen LogP contribution is -2.36. The van der Waals surface area contributed by atoms with Crippen LogP contribution in [0.25, 0.3) is 6.08 Å². The van der Waals surface area contributed by atoms with Gasteiger partial charge in [-0.2, -0.15) is 0 Å². The number of anilines is 1. The summed E-state index contributed by atoms with van der Waals surface area (Å²) < 4.78 is 15.5. The molecule has 2 aromatic rings. The van der Waals surface area contributed by atoms with Crippen molar-refractivity contribution in [2.75, 3.05) is 32.2 Å². The molecule has 2 aromatic carbocycles. The Kier molecular flexibility index (Phi) is 8.78. The second kappa shape index (κ2) is 11.8. The van der Waals surface area contributed by atoms with E-state index in [0.717, 1.165) is 10.5 Å². The summed E-state index contributed by atoms with van der Waals surface area (Å²) in [7, 11) is 1.40. The van der Waals surface area contributed by atoms with Crippen molar-refractivity contribution in [2.24, 2.45) is 0 Å². The zero-order chi connectivity index (χ0) is 25.5. The summed E-state index contributed by atoms with van der Waals surface area (Å²) >= 11 is 7.01. The Morgan fingerprint density at radius 2 is 1.97 bits per heavy atom. The van der Waals surface area contributed by atoms with Gasteiger partial charge in [-0.15, -0.1) is 0 Å². The van der Waals surface area contributed by atoms with E-state index in [-0.39, 0.29) is 34.6 Å². The highest BCUT2D eigenvalue weighted by Gasteiger charge is 2.36. The van der Waals surface area contributed by atoms with Crippen molar-refractivity contribution in [2.45, 2.75) is 13.8 Å². The van der Waals surface area contributed by atoms with Crippen molar-refractivity contribution >= 4 is 58.1 Å². The molecule has 0 aromatic heterocycles. The maximum Gasteiger partial charge on any atom is 0.344 e. The van der Waals surface area contributed by atoms with Crippen LogP contribution < -0.4 is 14.8 Å². The average molecular weight is 519 g/mol. The van der Waals surface area contributed by atoms with Crippen molar-refractivity contribution < 1.29 is 33.4 Å². The maximum absolute atomic E-state index is 12.8. The molecule has 0 radical (unpaired) electrons. The lowest BCUT2D eigenvalue weighted by Gasteiger charge is -2.13. The van der Waals surface area contributed by atoms with E-state index in [1.165, 1.54) is 19.3 Å². The van der Waals surface area contributed by atoms with Gasteiger partial charge >= 0.3 is 5.97 Å². The number of nitrogens with zero attached hydrogens (tertiary/aromatic N) is 1. The fourth-order valence-corrected chi connectivity index (χ4v) is 4.26. The predicted octanol–water partition coefficient (Wildman–Crippen LogP) is 4.27. The summed E-state index contributed by atoms with van der Waals surface area (Å²) in [4.78, 5) is 50.2. The minimum Gasteiger partial charge on any atom is -0.493 e. The first-order chi connectivity index (χ1) is 16.7. The van der Waals surface area contributed by atoms with Crippen LogP contribution in [0.4, 0.5) is 10.5 Å². The van der Waals surface area contributed by atoms with Crippen molar-refractivity contribution in [1.82, 2.24) is 4.90 Å². The van der Waals surface area contributed by atoms with Crippen LogP contribution in [0.2, 0.25) is 5.02 Å². The SMILES string of the molecule is CCOC(=O)COc1c(Cl)cc(/C=C2\SC(=O)N(CC(=O)Nc3cccc(C)c3)C2=O)cc1OC. The van der Waals surface area contributed by atoms with E-state index in [1.807, 2.05) is 13.0 Å². The predicted molar refractivity (Wildman–Crippen MR) is 133 cm³/mol. The van der Waals surface area contributed by atoms with E-state index in [0.29, 0.717) is 23.0 Å². The first kappa shape index (κ1) is 26.1. The Bertz CT molecular complexity index is 1200. The third-order valence-electron chi connectivity index (χ3n) is 4.67. The number of aryl methyl sites for hydroxylation is 1. The van der Waals surface area contributed by atoms with Crippen LogP contribution >= 0.6 is 23.4 Å². The molecule has 9 nitrogen and oxygen atoms in total. The van der Waals surface area contributed by atoms with Gasteiger partial charge < -0.3 is 19.5 Å². The molecule has 1 fully saturated rings. The molecule has 1 saturated heterocycles. The largest absolute Gasteiger partial charge is 0.493 e. The van der Waals surface area contributed by atoms with Gasteiger partial charge in [0, 0.05) is 5.69 Å². The maximum atomic E-state index is 12.8. The number of amides is 3. The normalized spacial score (nSPS) is 14.3. The highest BCUT2D eigenvalue weighted by Crippen LogP contribution is 2.39. The standard InChI is InChI=1S/C24H23ClN2O7S/c1-4-33-21(29)13-34-22-17(25)9-15(10-18(22)32-3)11-19-23(30)27(24(31)35-19)12-20(28)26-16-7-5-6-14(2)8-16/h5-11H,4,12-13H2,1-3H3,(H,26,28)/b19-11-. The highest BCUT2D eigenvalue weighted by atomic mass is 35.5. The summed E-state index contributed by atoms with van der Waals surface area (Å²) in [5.41, 5.74) is 2.00. The molecule has 0 unspecified atom stereocenters. The highest BCUT2D eigenvalue weighted by molar-refractivity contribution is 8.18. The minimum absolute atomic E-state index is 0.122. The first-order valence-corrected chi connectivity index (χ1v) is 11.7. The van der Waals surface area contributed by atoms with Gasteiger partial charge in [-0.3, -0.25) is 19.3 Å². The molecule has 11 heteroatoms. The summed E-state index contributed by atoms with van der Waals surface area (Å²) in [6, 6.07) is 10.2. The van der Waals surface area contributed by atoms with Crippen LogP contribution in [0, 0.1) is 6.92 Å². The molecule has 35 heavy (non-hydrogen) atoms. The van der Waals surface area contributed by atoms with Crippen LogP contribution in [0.3, 0.4) is 0 Å². The number of hydrogen-bond donors (Lipinski definition) is 1. The van der Waals surface area contributed by atoms with Gasteiger partial charge in [0.25, 0.3) is 11.1 Å². The Labute approximate surface area is 211 Å². The van der Waals surface area contributed by atoms with Gasteiger partial charge in [-0.25, -0.2) is 4.79 Å². The number of thioether (sulfide) groups is 1. The second-order valence-electron chi connectivity index (χ2n) is 7.31. The quantitative estimate of drug-likeness (QED) is 0.387. The third kappa shape index (κ3) is 6.77. The summed E-state index contributed by atoms with van der Waals surface area (Å²) in [5.74, 6) is -1.29. The van der Waals surface area contributed by atoms with Crippen molar-refractivity contribution in [3.05, 3.63) is 57.5 Å². The van der Waals surface area contributed by atoms with E-state index in [4.69, 9.17) is 25.8 Å². The van der Waals surface area contributed by atoms with Crippen LogP contribution in [-0.4, -0.2) is 54.8 Å². The Balaban J connectivity index is 1.73. The van der Waals surface area contributed by atoms with Gasteiger partial charge in [0.05, 0.1) is 23.6 Å². The molecule has 1 heterocycles. The van der Waals surface area contributed by atoms with E-state index in [1.54, 1.807) is 31.2 Å². The van der Waals surface area contributed by atoms with Crippen molar-refractivity contribution in [3.63, 3.8) is 0 Å². The van der Waals surface area contributed by atoms with E-state index >= 15 is 0 Å². The van der Waals surface area contributed by atoms with Crippen molar-refractivity contribution in [3.8, 4) is 11.5 Å². The fraction of sp³-hybridized carbons (Fsp3) is 0.250. The molecule has 1 aliphatic heterocycles. The molecule has 3 amide bonds. The number of hydrogen-bond acceptors (Lipinski definition) is 8. The summed E-state index contributed by atoms with van der Waals surface area (Å²) in [6.07, 6.45) is 1.47. The van der Waals surface area contributed by atoms with Gasteiger partial charge in [0.2, 0.25) is 5.91 Å². The fourth-order valence-electron chi connectivity index (χ4n) is 3.15. The Hall–Kier alpha value is -3.50. The molecule has 0 spiro atoms. The smallest absolute Gasteiger partial charge is 0.344 e. The lowest BCUT2D eigenvalue weighted by molar-refractivity contribution is -0.145. The lowest BCUT2D eigenvalue weighted by atomic mass is 10.1. The number of benzene rings is 2. The number of imide groups is 1. The van der Waals surface area contributed by atoms with Gasteiger partial charge in [-0.05, 0) is 67.1 Å². The average Bonchev–Trinajstić information content (AvgIpc) is 3.05. The Morgan fingerprint density at radius 3 is 2.66 bits per heavy atom. The first-order valence-electron chi connectivity index (χ1n) is 10.5. The number of halogens is 1. The van der Waals surface area contributed by atoms with Gasteiger partial charge in [0.15, 0.2) is 18.1 Å². The molecule has 184 valence electrons. The number of rotatable bonds is 9. The number of nitrogens with one attached hydrogen (secondary N) is 1. The molecule has 0 bridgehead atoms. The molecule has 1 aliphatic rings.